The smallest absolute Gasteiger partial charge is 0.160 e. The summed E-state index contributed by atoms with van der Waals surface area (Å²) in [4.78, 5) is 0. The molecule has 0 saturated carbocycles. The molecule has 0 unspecified atom stereocenters. The van der Waals surface area contributed by atoms with E-state index in [1.807, 2.05) is 7.05 Å². The maximum absolute atomic E-state index is 5.23. The minimum atomic E-state index is 0.746. The van der Waals surface area contributed by atoms with Crippen molar-refractivity contribution in [3.8, 4) is 0 Å². The van der Waals surface area contributed by atoms with Crippen molar-refractivity contribution in [1.82, 2.24) is 4.72 Å². The molecule has 0 aromatic rings. The Morgan fingerprint density at radius 1 is 1.70 bits per heavy atom. The van der Waals surface area contributed by atoms with Gasteiger partial charge in [-0.05, 0) is 32.0 Å². The fraction of sp³-hybridized carbons (Fsp3) is 0.714. The summed E-state index contributed by atoms with van der Waals surface area (Å²) in [6, 6.07) is 0. The molecule has 0 heterocycles. The summed E-state index contributed by atoms with van der Waals surface area (Å²) in [6.07, 6.45) is 2.26. The molecule has 0 bridgehead atoms. The van der Waals surface area contributed by atoms with E-state index in [-0.39, 0.29) is 0 Å². The van der Waals surface area contributed by atoms with Crippen LogP contribution < -0.4 is 4.72 Å². The normalized spacial score (nSPS) is 9.40. The molecule has 0 rings (SSSR count). The molecule has 0 aliphatic rings. The van der Waals surface area contributed by atoms with Crippen LogP contribution in [0.2, 0.25) is 0 Å². The van der Waals surface area contributed by atoms with Gasteiger partial charge in [0.25, 0.3) is 0 Å². The van der Waals surface area contributed by atoms with Gasteiger partial charge in [0.1, 0.15) is 0 Å². The van der Waals surface area contributed by atoms with Crippen LogP contribution in [-0.4, -0.2) is 13.7 Å². The first kappa shape index (κ1) is 9.85. The van der Waals surface area contributed by atoms with E-state index in [4.69, 9.17) is 4.74 Å². The average Bonchev–Trinajstić information content (AvgIpc) is 1.89. The highest BCUT2D eigenvalue weighted by atomic mass is 32.2. The van der Waals surface area contributed by atoms with Gasteiger partial charge in [0.05, 0.1) is 6.61 Å². The summed E-state index contributed by atoms with van der Waals surface area (Å²) in [5.41, 5.74) is 0. The molecule has 2 nitrogen and oxygen atoms in total. The molecule has 0 atom stereocenters. The maximum Gasteiger partial charge on any atom is 0.160 e. The van der Waals surface area contributed by atoms with E-state index < -0.39 is 0 Å². The first-order valence-corrected chi connectivity index (χ1v) is 4.28. The minimum Gasteiger partial charge on any atom is -0.487 e. The van der Waals surface area contributed by atoms with Gasteiger partial charge in [-0.1, -0.05) is 13.3 Å². The van der Waals surface area contributed by atoms with Crippen molar-refractivity contribution in [1.29, 1.82) is 0 Å². The lowest BCUT2D eigenvalue weighted by Gasteiger charge is -2.05. The van der Waals surface area contributed by atoms with Crippen LogP contribution in [0.5, 0.6) is 0 Å². The Hall–Kier alpha value is -0.150. The minimum absolute atomic E-state index is 0.746. The summed E-state index contributed by atoms with van der Waals surface area (Å²) in [7, 11) is 1.85. The van der Waals surface area contributed by atoms with Crippen molar-refractivity contribution in [3.05, 3.63) is 11.7 Å². The molecule has 3 heteroatoms. The molecular weight excluding hydrogens is 146 g/mol. The van der Waals surface area contributed by atoms with E-state index in [0.29, 0.717) is 0 Å². The molecule has 10 heavy (non-hydrogen) atoms. The molecule has 0 aliphatic heterocycles. The molecule has 0 fully saturated rings. The largest absolute Gasteiger partial charge is 0.487 e. The lowest BCUT2D eigenvalue weighted by atomic mass is 10.4. The summed E-state index contributed by atoms with van der Waals surface area (Å²) in [5.74, 6) is 0. The van der Waals surface area contributed by atoms with E-state index in [2.05, 4.69) is 18.2 Å². The third-order valence-corrected chi connectivity index (χ3v) is 1.53. The number of ether oxygens (including phenoxy) is 1. The zero-order valence-corrected chi connectivity index (χ0v) is 7.46. The standard InChI is InChI=1S/C7H15NOS/c1-4-5-6-9-7(2)10-8-3/h8H,2,4-6H2,1,3H3. The summed E-state index contributed by atoms with van der Waals surface area (Å²) < 4.78 is 8.12. The first-order chi connectivity index (χ1) is 4.81. The Morgan fingerprint density at radius 2 is 2.40 bits per heavy atom. The van der Waals surface area contributed by atoms with Crippen LogP contribution in [-0.2, 0) is 4.74 Å². The van der Waals surface area contributed by atoms with Crippen LogP contribution >= 0.6 is 11.9 Å². The Bertz CT molecular complexity index is 95.6. The number of rotatable bonds is 6. The average molecular weight is 161 g/mol. The van der Waals surface area contributed by atoms with Crippen molar-refractivity contribution in [2.75, 3.05) is 13.7 Å². The highest BCUT2D eigenvalue weighted by Gasteiger charge is 1.91. The number of hydrogen-bond donors (Lipinski definition) is 1. The lowest BCUT2D eigenvalue weighted by molar-refractivity contribution is 0.234. The molecule has 60 valence electrons. The number of hydrogen-bond acceptors (Lipinski definition) is 3. The van der Waals surface area contributed by atoms with Gasteiger partial charge in [0.15, 0.2) is 5.09 Å². The lowest BCUT2D eigenvalue weighted by Crippen LogP contribution is -1.96. The molecular formula is C7H15NOS. The van der Waals surface area contributed by atoms with Gasteiger partial charge in [-0.15, -0.1) is 0 Å². The van der Waals surface area contributed by atoms with E-state index in [1.165, 1.54) is 11.9 Å². The highest BCUT2D eigenvalue weighted by molar-refractivity contribution is 8.00. The van der Waals surface area contributed by atoms with Gasteiger partial charge >= 0.3 is 0 Å². The zero-order valence-electron chi connectivity index (χ0n) is 6.64. The number of nitrogens with one attached hydrogen (secondary N) is 1. The SMILES string of the molecule is C=C(OCCCC)SNC. The molecule has 0 aromatic heterocycles. The van der Waals surface area contributed by atoms with Crippen molar-refractivity contribution in [3.63, 3.8) is 0 Å². The third kappa shape index (κ3) is 5.98. The molecule has 0 radical (unpaired) electrons. The van der Waals surface area contributed by atoms with Crippen LogP contribution in [0.1, 0.15) is 19.8 Å². The van der Waals surface area contributed by atoms with Gasteiger partial charge in [-0.25, -0.2) is 0 Å². The third-order valence-electron chi connectivity index (χ3n) is 0.977. The Kier molecular flexibility index (Phi) is 6.86. The van der Waals surface area contributed by atoms with Gasteiger partial charge in [-0.2, -0.15) is 0 Å². The topological polar surface area (TPSA) is 21.3 Å². The van der Waals surface area contributed by atoms with Crippen molar-refractivity contribution in [2.45, 2.75) is 19.8 Å². The molecule has 0 spiro atoms. The zero-order chi connectivity index (χ0) is 7.82. The van der Waals surface area contributed by atoms with Crippen molar-refractivity contribution < 1.29 is 4.74 Å². The van der Waals surface area contributed by atoms with Gasteiger partial charge in [0, 0.05) is 0 Å². The van der Waals surface area contributed by atoms with E-state index in [9.17, 15) is 0 Å². The van der Waals surface area contributed by atoms with E-state index in [0.717, 1.165) is 24.5 Å². The predicted octanol–water partition coefficient (Wildman–Crippen LogP) is 2.14. The summed E-state index contributed by atoms with van der Waals surface area (Å²) in [5, 5.41) is 0.746. The van der Waals surface area contributed by atoms with Gasteiger partial charge in [0.2, 0.25) is 0 Å². The van der Waals surface area contributed by atoms with Crippen LogP contribution in [0, 0.1) is 0 Å². The van der Waals surface area contributed by atoms with E-state index in [1.54, 1.807) is 0 Å². The number of unbranched alkanes of at least 4 members (excludes halogenated alkanes) is 1. The maximum atomic E-state index is 5.23. The first-order valence-electron chi connectivity index (χ1n) is 3.46. The quantitative estimate of drug-likeness (QED) is 0.366. The fourth-order valence-corrected chi connectivity index (χ4v) is 0.844. The van der Waals surface area contributed by atoms with Crippen LogP contribution in [0.25, 0.3) is 0 Å². The van der Waals surface area contributed by atoms with Gasteiger partial charge < -0.3 is 4.74 Å². The molecule has 0 aromatic carbocycles. The van der Waals surface area contributed by atoms with Crippen molar-refractivity contribution >= 4 is 11.9 Å². The monoisotopic (exact) mass is 161 g/mol. The second-order valence-electron chi connectivity index (χ2n) is 1.88. The Labute approximate surface area is 67.2 Å². The van der Waals surface area contributed by atoms with Crippen LogP contribution in [0.4, 0.5) is 0 Å². The van der Waals surface area contributed by atoms with Crippen molar-refractivity contribution in [2.24, 2.45) is 0 Å². The predicted molar refractivity (Wildman–Crippen MR) is 46.7 cm³/mol. The van der Waals surface area contributed by atoms with E-state index >= 15 is 0 Å². The Morgan fingerprint density at radius 3 is 2.90 bits per heavy atom. The summed E-state index contributed by atoms with van der Waals surface area (Å²) >= 11 is 1.42. The summed E-state index contributed by atoms with van der Waals surface area (Å²) in [6.45, 7) is 6.61. The second kappa shape index (κ2) is 6.96. The molecule has 1 N–H and O–H groups in total. The van der Waals surface area contributed by atoms with Crippen LogP contribution in [0.3, 0.4) is 0 Å². The van der Waals surface area contributed by atoms with Gasteiger partial charge in [-0.3, -0.25) is 4.72 Å². The fourth-order valence-electron chi connectivity index (χ4n) is 0.474. The Balaban J connectivity index is 3.05. The molecule has 0 amide bonds. The molecule has 0 saturated heterocycles. The molecule has 0 aliphatic carbocycles. The second-order valence-corrected chi connectivity index (χ2v) is 2.95. The highest BCUT2D eigenvalue weighted by Crippen LogP contribution is 2.09. The van der Waals surface area contributed by atoms with Crippen LogP contribution in [0.15, 0.2) is 11.7 Å².